The van der Waals surface area contributed by atoms with Crippen LogP contribution in [-0.4, -0.2) is 37.2 Å². The lowest BCUT2D eigenvalue weighted by Gasteiger charge is -2.28. The van der Waals surface area contributed by atoms with Crippen molar-refractivity contribution in [2.45, 2.75) is 52.7 Å². The number of rotatable bonds is 0. The molecule has 0 aromatic carbocycles. The van der Waals surface area contributed by atoms with Crippen LogP contribution < -0.4 is 0 Å². The Balaban J connectivity index is 0.000000322. The van der Waals surface area contributed by atoms with Crippen LogP contribution in [0.25, 0.3) is 0 Å². The Morgan fingerprint density at radius 2 is 1.31 bits per heavy atom. The summed E-state index contributed by atoms with van der Waals surface area (Å²) < 4.78 is 5.63. The van der Waals surface area contributed by atoms with Gasteiger partial charge in [-0.25, -0.2) is 0 Å². The second-order valence-corrected chi connectivity index (χ2v) is 3.18. The summed E-state index contributed by atoms with van der Waals surface area (Å²) in [4.78, 5) is 2.37. The molecule has 80 valence electrons. The Morgan fingerprint density at radius 1 is 0.923 bits per heavy atom. The van der Waals surface area contributed by atoms with Gasteiger partial charge in [0.2, 0.25) is 0 Å². The third kappa shape index (κ3) is 4.10. The molecule has 0 aromatic rings. The fraction of sp³-hybridized carbons (Fsp3) is 1.00. The first-order valence-corrected chi connectivity index (χ1v) is 5.68. The zero-order valence-corrected chi connectivity index (χ0v) is 9.84. The highest BCUT2D eigenvalue weighted by atomic mass is 16.5. The molecule has 2 heterocycles. The summed E-state index contributed by atoms with van der Waals surface area (Å²) in [6.07, 6.45) is 3.70. The van der Waals surface area contributed by atoms with E-state index in [9.17, 15) is 0 Å². The molecule has 0 aliphatic carbocycles. The van der Waals surface area contributed by atoms with Gasteiger partial charge >= 0.3 is 0 Å². The van der Waals surface area contributed by atoms with E-state index in [0.717, 1.165) is 13.1 Å². The van der Waals surface area contributed by atoms with Crippen molar-refractivity contribution in [1.29, 1.82) is 0 Å². The van der Waals surface area contributed by atoms with Gasteiger partial charge in [-0.05, 0) is 19.9 Å². The second kappa shape index (κ2) is 7.34. The highest BCUT2D eigenvalue weighted by Crippen LogP contribution is 2.24. The number of nitrogens with zero attached hydrogens (tertiary/aromatic N) is 1. The summed E-state index contributed by atoms with van der Waals surface area (Å²) in [5.74, 6) is 0. The minimum Gasteiger partial charge on any atom is -0.372 e. The lowest BCUT2D eigenvalue weighted by molar-refractivity contribution is -0.0293. The van der Waals surface area contributed by atoms with Crippen LogP contribution in [0.2, 0.25) is 0 Å². The topological polar surface area (TPSA) is 12.5 Å². The smallest absolute Gasteiger partial charge is 0.0707 e. The first kappa shape index (κ1) is 12.9. The fourth-order valence-corrected chi connectivity index (χ4v) is 1.82. The lowest BCUT2D eigenvalue weighted by Crippen LogP contribution is -2.39. The minimum absolute atomic E-state index is 0.564. The van der Waals surface area contributed by atoms with E-state index >= 15 is 0 Å². The first-order valence-electron chi connectivity index (χ1n) is 5.68. The van der Waals surface area contributed by atoms with E-state index in [1.165, 1.54) is 12.8 Å². The van der Waals surface area contributed by atoms with Gasteiger partial charge in [-0.1, -0.05) is 27.7 Å². The maximum atomic E-state index is 5.63. The van der Waals surface area contributed by atoms with Gasteiger partial charge < -0.3 is 9.64 Å². The van der Waals surface area contributed by atoms with Gasteiger partial charge in [-0.3, -0.25) is 0 Å². The van der Waals surface area contributed by atoms with Crippen LogP contribution in [0, 0.1) is 0 Å². The standard InChI is InChI=1S/C7H13NO.2C2H6/c1-8-4-6-2-3-7(5-8)9-6;2*1-2/h6-7H,2-5H2,1H3;2*1-2H3. The van der Waals surface area contributed by atoms with Gasteiger partial charge in [0.25, 0.3) is 0 Å². The van der Waals surface area contributed by atoms with E-state index in [2.05, 4.69) is 11.9 Å². The van der Waals surface area contributed by atoms with Crippen molar-refractivity contribution in [2.24, 2.45) is 0 Å². The molecular formula is C11H25NO. The van der Waals surface area contributed by atoms with Gasteiger partial charge in [0, 0.05) is 13.1 Å². The maximum Gasteiger partial charge on any atom is 0.0707 e. The number of likely N-dealkylation sites (N-methyl/N-ethyl adjacent to an activating group) is 1. The molecule has 2 saturated heterocycles. The van der Waals surface area contributed by atoms with E-state index in [1.54, 1.807) is 0 Å². The van der Waals surface area contributed by atoms with Crippen LogP contribution in [0.3, 0.4) is 0 Å². The summed E-state index contributed by atoms with van der Waals surface area (Å²) >= 11 is 0. The number of morpholine rings is 1. The molecule has 2 unspecified atom stereocenters. The van der Waals surface area contributed by atoms with Gasteiger partial charge in [0.1, 0.15) is 0 Å². The van der Waals surface area contributed by atoms with Gasteiger partial charge in [0.05, 0.1) is 12.2 Å². The summed E-state index contributed by atoms with van der Waals surface area (Å²) in [7, 11) is 2.17. The molecular weight excluding hydrogens is 162 g/mol. The predicted molar refractivity (Wildman–Crippen MR) is 58.1 cm³/mol. The quantitative estimate of drug-likeness (QED) is 0.578. The third-order valence-corrected chi connectivity index (χ3v) is 2.23. The molecule has 0 spiro atoms. The van der Waals surface area contributed by atoms with E-state index in [-0.39, 0.29) is 0 Å². The monoisotopic (exact) mass is 187 g/mol. The number of likely N-dealkylation sites (tertiary alicyclic amines) is 1. The molecule has 2 aliphatic heterocycles. The third-order valence-electron chi connectivity index (χ3n) is 2.23. The molecule has 2 nitrogen and oxygen atoms in total. The van der Waals surface area contributed by atoms with Crippen molar-refractivity contribution < 1.29 is 4.74 Å². The van der Waals surface area contributed by atoms with Crippen molar-refractivity contribution in [3.63, 3.8) is 0 Å². The average molecular weight is 187 g/mol. The SMILES string of the molecule is CC.CC.CN1CC2CCC(C1)O2. The van der Waals surface area contributed by atoms with Gasteiger partial charge in [0.15, 0.2) is 0 Å². The Bertz CT molecular complexity index is 105. The average Bonchev–Trinajstić information content (AvgIpc) is 2.52. The molecule has 0 N–H and O–H groups in total. The minimum atomic E-state index is 0.564. The van der Waals surface area contributed by atoms with Crippen molar-refractivity contribution >= 4 is 0 Å². The fourth-order valence-electron chi connectivity index (χ4n) is 1.82. The molecule has 0 radical (unpaired) electrons. The number of fused-ring (bicyclic) bond motifs is 2. The van der Waals surface area contributed by atoms with Crippen LogP contribution >= 0.6 is 0 Å². The van der Waals surface area contributed by atoms with E-state index in [0.29, 0.717) is 12.2 Å². The van der Waals surface area contributed by atoms with Crippen LogP contribution in [0.15, 0.2) is 0 Å². The zero-order chi connectivity index (χ0) is 10.3. The number of ether oxygens (including phenoxy) is 1. The van der Waals surface area contributed by atoms with Crippen LogP contribution in [-0.2, 0) is 4.74 Å². The predicted octanol–water partition coefficient (Wildman–Crippen LogP) is 2.53. The van der Waals surface area contributed by atoms with Crippen LogP contribution in [0.4, 0.5) is 0 Å². The molecule has 2 rings (SSSR count). The highest BCUT2D eigenvalue weighted by Gasteiger charge is 2.31. The number of hydrogen-bond donors (Lipinski definition) is 0. The van der Waals surface area contributed by atoms with Crippen LogP contribution in [0.5, 0.6) is 0 Å². The zero-order valence-electron chi connectivity index (χ0n) is 9.84. The van der Waals surface area contributed by atoms with E-state index < -0.39 is 0 Å². The summed E-state index contributed by atoms with van der Waals surface area (Å²) in [6.45, 7) is 10.3. The van der Waals surface area contributed by atoms with Gasteiger partial charge in [-0.15, -0.1) is 0 Å². The Labute approximate surface area is 83.3 Å². The summed E-state index contributed by atoms with van der Waals surface area (Å²) in [5, 5.41) is 0. The molecule has 2 atom stereocenters. The molecule has 2 aliphatic rings. The normalized spacial score (nSPS) is 31.2. The van der Waals surface area contributed by atoms with Gasteiger partial charge in [-0.2, -0.15) is 0 Å². The first-order chi connectivity index (χ1) is 6.34. The van der Waals surface area contributed by atoms with Crippen LogP contribution in [0.1, 0.15) is 40.5 Å². The van der Waals surface area contributed by atoms with Crippen molar-refractivity contribution in [3.8, 4) is 0 Å². The molecule has 0 aromatic heterocycles. The Hall–Kier alpha value is -0.0800. The molecule has 2 bridgehead atoms. The largest absolute Gasteiger partial charge is 0.372 e. The van der Waals surface area contributed by atoms with E-state index in [1.807, 2.05) is 27.7 Å². The summed E-state index contributed by atoms with van der Waals surface area (Å²) in [5.41, 5.74) is 0. The Kier molecular flexibility index (Phi) is 7.29. The number of hydrogen-bond acceptors (Lipinski definition) is 2. The second-order valence-electron chi connectivity index (χ2n) is 3.18. The molecule has 0 saturated carbocycles. The van der Waals surface area contributed by atoms with Crippen molar-refractivity contribution in [1.82, 2.24) is 4.90 Å². The highest BCUT2D eigenvalue weighted by molar-refractivity contribution is 4.82. The lowest BCUT2D eigenvalue weighted by atomic mass is 10.2. The Morgan fingerprint density at radius 3 is 1.69 bits per heavy atom. The molecule has 0 amide bonds. The summed E-state index contributed by atoms with van der Waals surface area (Å²) in [6, 6.07) is 0. The molecule has 2 heteroatoms. The molecule has 13 heavy (non-hydrogen) atoms. The van der Waals surface area contributed by atoms with Crippen molar-refractivity contribution in [3.05, 3.63) is 0 Å². The van der Waals surface area contributed by atoms with Crippen molar-refractivity contribution in [2.75, 3.05) is 20.1 Å². The molecule has 2 fully saturated rings. The maximum absolute atomic E-state index is 5.63. The van der Waals surface area contributed by atoms with E-state index in [4.69, 9.17) is 4.74 Å².